The minimum absolute atomic E-state index is 0.105. The van der Waals surface area contributed by atoms with Crippen molar-refractivity contribution >= 4 is 17.7 Å². The summed E-state index contributed by atoms with van der Waals surface area (Å²) in [5.41, 5.74) is 1.47. The van der Waals surface area contributed by atoms with E-state index in [-0.39, 0.29) is 24.3 Å². The monoisotopic (exact) mass is 464 g/mol. The first-order valence-electron chi connectivity index (χ1n) is 12.1. The molecule has 6 rings (SSSR count). The SMILES string of the molecule is Cc1cnc(C2CN([C@H]3CCC[C@@H]3Oc3ccc4c(c3)CN(C3CCC(=O)NC3=O)C4=O)C2)o1. The van der Waals surface area contributed by atoms with E-state index >= 15 is 0 Å². The molecular formula is C25H28N4O5. The van der Waals surface area contributed by atoms with Crippen molar-refractivity contribution in [1.29, 1.82) is 0 Å². The Hall–Kier alpha value is -3.20. The Labute approximate surface area is 197 Å². The third-order valence-electron chi connectivity index (χ3n) is 7.57. The summed E-state index contributed by atoms with van der Waals surface area (Å²) in [5, 5.41) is 2.34. The first kappa shape index (κ1) is 21.3. The number of aryl methyl sites for hydroxylation is 1. The normalized spacial score (nSPS) is 27.6. The number of nitrogens with one attached hydrogen (secondary N) is 1. The highest BCUT2D eigenvalue weighted by atomic mass is 16.5. The number of carbonyl (C=O) groups is 3. The maximum Gasteiger partial charge on any atom is 0.255 e. The number of ether oxygens (including phenoxy) is 1. The highest BCUT2D eigenvalue weighted by Gasteiger charge is 2.43. The van der Waals surface area contributed by atoms with Crippen molar-refractivity contribution in [2.24, 2.45) is 0 Å². The number of hydrogen-bond acceptors (Lipinski definition) is 7. The molecule has 1 saturated carbocycles. The van der Waals surface area contributed by atoms with Crippen molar-refractivity contribution in [1.82, 2.24) is 20.1 Å². The van der Waals surface area contributed by atoms with E-state index in [9.17, 15) is 14.4 Å². The van der Waals surface area contributed by atoms with Gasteiger partial charge in [0.2, 0.25) is 11.8 Å². The molecule has 9 heteroatoms. The number of carbonyl (C=O) groups excluding carboxylic acids is 3. The fourth-order valence-electron chi connectivity index (χ4n) is 5.76. The number of aromatic nitrogens is 1. The van der Waals surface area contributed by atoms with E-state index in [0.29, 0.717) is 30.5 Å². The van der Waals surface area contributed by atoms with E-state index in [4.69, 9.17) is 9.15 Å². The summed E-state index contributed by atoms with van der Waals surface area (Å²) in [5.74, 6) is 1.94. The Kier molecular flexibility index (Phi) is 5.17. The Morgan fingerprint density at radius 2 is 2.00 bits per heavy atom. The van der Waals surface area contributed by atoms with Crippen LogP contribution < -0.4 is 10.1 Å². The molecule has 9 nitrogen and oxygen atoms in total. The maximum absolute atomic E-state index is 12.9. The zero-order valence-electron chi connectivity index (χ0n) is 19.2. The van der Waals surface area contributed by atoms with Gasteiger partial charge in [0.15, 0.2) is 5.89 Å². The molecule has 0 radical (unpaired) electrons. The average Bonchev–Trinajstić information content (AvgIpc) is 3.48. The van der Waals surface area contributed by atoms with Gasteiger partial charge in [0.05, 0.1) is 12.1 Å². The third-order valence-corrected chi connectivity index (χ3v) is 7.57. The molecule has 3 aliphatic heterocycles. The highest BCUT2D eigenvalue weighted by molar-refractivity contribution is 6.05. The first-order chi connectivity index (χ1) is 16.5. The third kappa shape index (κ3) is 3.68. The summed E-state index contributed by atoms with van der Waals surface area (Å²) < 4.78 is 12.1. The lowest BCUT2D eigenvalue weighted by Crippen LogP contribution is -2.54. The molecule has 1 aromatic carbocycles. The van der Waals surface area contributed by atoms with Gasteiger partial charge >= 0.3 is 0 Å². The molecular weight excluding hydrogens is 436 g/mol. The molecule has 1 N–H and O–H groups in total. The van der Waals surface area contributed by atoms with Crippen molar-refractivity contribution in [2.45, 2.75) is 69.7 Å². The number of fused-ring (bicyclic) bond motifs is 1. The standard InChI is InChI=1S/C25H28N4O5/c1-14-10-26-24(33-14)16-11-28(12-16)19-3-2-4-21(19)34-17-5-6-18-15(9-17)13-29(25(18)32)20-7-8-22(30)27-23(20)31/h5-6,9-10,16,19-21H,2-4,7-8,11-13H2,1H3,(H,27,30,31)/t19-,20?,21-/m0/s1. The Bertz CT molecular complexity index is 1150. The molecule has 1 aromatic heterocycles. The topological polar surface area (TPSA) is 105 Å². The molecule has 1 unspecified atom stereocenters. The van der Waals surface area contributed by atoms with Crippen LogP contribution in [0.5, 0.6) is 5.75 Å². The van der Waals surface area contributed by atoms with Gasteiger partial charge in [-0.3, -0.25) is 24.6 Å². The second-order valence-electron chi connectivity index (χ2n) is 9.83. The molecule has 178 valence electrons. The van der Waals surface area contributed by atoms with Crippen LogP contribution in [-0.2, 0) is 16.1 Å². The van der Waals surface area contributed by atoms with E-state index in [1.165, 1.54) is 0 Å². The van der Waals surface area contributed by atoms with E-state index in [0.717, 1.165) is 55.3 Å². The predicted molar refractivity (Wildman–Crippen MR) is 120 cm³/mol. The number of rotatable bonds is 5. The van der Waals surface area contributed by atoms with Gasteiger partial charge in [-0.1, -0.05) is 0 Å². The van der Waals surface area contributed by atoms with Gasteiger partial charge < -0.3 is 14.1 Å². The number of imide groups is 1. The predicted octanol–water partition coefficient (Wildman–Crippen LogP) is 2.14. The molecule has 1 aliphatic carbocycles. The fourth-order valence-corrected chi connectivity index (χ4v) is 5.76. The number of amides is 3. The number of hydrogen-bond donors (Lipinski definition) is 1. The molecule has 4 heterocycles. The van der Waals surface area contributed by atoms with Crippen molar-refractivity contribution in [3.63, 3.8) is 0 Å². The zero-order valence-corrected chi connectivity index (χ0v) is 19.2. The molecule has 3 amide bonds. The smallest absolute Gasteiger partial charge is 0.255 e. The van der Waals surface area contributed by atoms with Gasteiger partial charge in [-0.15, -0.1) is 0 Å². The lowest BCUT2D eigenvalue weighted by Gasteiger charge is -2.43. The number of oxazole rings is 1. The molecule has 2 aromatic rings. The van der Waals surface area contributed by atoms with Gasteiger partial charge in [0, 0.05) is 37.7 Å². The second-order valence-corrected chi connectivity index (χ2v) is 9.83. The highest BCUT2D eigenvalue weighted by Crippen LogP contribution is 2.37. The Balaban J connectivity index is 1.10. The van der Waals surface area contributed by atoms with Crippen molar-refractivity contribution in [2.75, 3.05) is 13.1 Å². The summed E-state index contributed by atoms with van der Waals surface area (Å²) in [6.07, 6.45) is 5.73. The van der Waals surface area contributed by atoms with Gasteiger partial charge in [-0.25, -0.2) is 4.98 Å². The van der Waals surface area contributed by atoms with Crippen LogP contribution in [-0.4, -0.2) is 63.8 Å². The molecule has 34 heavy (non-hydrogen) atoms. The van der Waals surface area contributed by atoms with Crippen LogP contribution in [0.4, 0.5) is 0 Å². The summed E-state index contributed by atoms with van der Waals surface area (Å²) in [4.78, 5) is 45.1. The minimum Gasteiger partial charge on any atom is -0.489 e. The quantitative estimate of drug-likeness (QED) is 0.676. The van der Waals surface area contributed by atoms with Crippen LogP contribution in [0.2, 0.25) is 0 Å². The van der Waals surface area contributed by atoms with E-state index in [1.54, 1.807) is 17.2 Å². The molecule has 3 atom stereocenters. The molecule has 2 saturated heterocycles. The molecule has 0 spiro atoms. The van der Waals surface area contributed by atoms with Crippen LogP contribution in [0, 0.1) is 6.92 Å². The van der Waals surface area contributed by atoms with Crippen molar-refractivity contribution < 1.29 is 23.5 Å². The Morgan fingerprint density at radius 3 is 2.76 bits per heavy atom. The summed E-state index contributed by atoms with van der Waals surface area (Å²) in [7, 11) is 0. The van der Waals surface area contributed by atoms with Gasteiger partial charge in [0.25, 0.3) is 5.91 Å². The minimum atomic E-state index is -0.604. The number of likely N-dealkylation sites (tertiary alicyclic amines) is 1. The summed E-state index contributed by atoms with van der Waals surface area (Å²) in [6.45, 7) is 4.14. The molecule has 4 aliphatic rings. The van der Waals surface area contributed by atoms with Crippen molar-refractivity contribution in [3.8, 4) is 5.75 Å². The second kappa shape index (κ2) is 8.23. The van der Waals surface area contributed by atoms with E-state index in [2.05, 4.69) is 15.2 Å². The van der Waals surface area contributed by atoms with Gasteiger partial charge in [-0.05, 0) is 56.4 Å². The summed E-state index contributed by atoms with van der Waals surface area (Å²) in [6, 6.07) is 5.35. The van der Waals surface area contributed by atoms with Gasteiger partial charge in [-0.2, -0.15) is 0 Å². The van der Waals surface area contributed by atoms with Crippen LogP contribution >= 0.6 is 0 Å². The average molecular weight is 465 g/mol. The zero-order chi connectivity index (χ0) is 23.4. The first-order valence-corrected chi connectivity index (χ1v) is 12.1. The number of nitrogens with zero attached hydrogens (tertiary/aromatic N) is 3. The fraction of sp³-hybridized carbons (Fsp3) is 0.520. The van der Waals surface area contributed by atoms with E-state index < -0.39 is 11.9 Å². The number of benzene rings is 1. The van der Waals surface area contributed by atoms with Crippen LogP contribution in [0.1, 0.15) is 65.6 Å². The maximum atomic E-state index is 12.9. The van der Waals surface area contributed by atoms with E-state index in [1.807, 2.05) is 19.1 Å². The molecule has 0 bridgehead atoms. The van der Waals surface area contributed by atoms with Crippen molar-refractivity contribution in [3.05, 3.63) is 47.2 Å². The van der Waals surface area contributed by atoms with Crippen LogP contribution in [0.25, 0.3) is 0 Å². The lowest BCUT2D eigenvalue weighted by molar-refractivity contribution is -0.136. The lowest BCUT2D eigenvalue weighted by atomic mass is 9.96. The largest absolute Gasteiger partial charge is 0.489 e. The Morgan fingerprint density at radius 1 is 1.15 bits per heavy atom. The van der Waals surface area contributed by atoms with Crippen LogP contribution in [0.3, 0.4) is 0 Å². The van der Waals surface area contributed by atoms with Gasteiger partial charge in [0.1, 0.15) is 23.7 Å². The molecule has 3 fully saturated rings. The summed E-state index contributed by atoms with van der Waals surface area (Å²) >= 11 is 0. The van der Waals surface area contributed by atoms with Crippen LogP contribution in [0.15, 0.2) is 28.8 Å². The number of piperidine rings is 1.